The van der Waals surface area contributed by atoms with Crippen molar-refractivity contribution in [3.05, 3.63) is 16.4 Å². The van der Waals surface area contributed by atoms with Gasteiger partial charge in [0.05, 0.1) is 22.4 Å². The monoisotopic (exact) mass is 328 g/mol. The molecule has 19 heavy (non-hydrogen) atoms. The van der Waals surface area contributed by atoms with E-state index in [0.717, 1.165) is 16.8 Å². The van der Waals surface area contributed by atoms with Crippen LogP contribution in [0, 0.1) is 5.92 Å². The smallest absolute Gasteiger partial charge is 0.0712 e. The summed E-state index contributed by atoms with van der Waals surface area (Å²) >= 11 is 3.61. The maximum Gasteiger partial charge on any atom is 0.0712 e. The number of nitrogens with one attached hydrogen (secondary N) is 1. The Morgan fingerprint density at radius 1 is 1.42 bits per heavy atom. The largest absolute Gasteiger partial charge is 0.271 e. The molecule has 0 radical (unpaired) electrons. The highest BCUT2D eigenvalue weighted by molar-refractivity contribution is 9.10. The van der Waals surface area contributed by atoms with Gasteiger partial charge >= 0.3 is 0 Å². The number of rotatable bonds is 5. The summed E-state index contributed by atoms with van der Waals surface area (Å²) in [5.41, 5.74) is 4.18. The van der Waals surface area contributed by atoms with Crippen molar-refractivity contribution in [2.24, 2.45) is 11.8 Å². The summed E-state index contributed by atoms with van der Waals surface area (Å²) in [7, 11) is 0. The van der Waals surface area contributed by atoms with E-state index >= 15 is 0 Å². The first kappa shape index (κ1) is 15.0. The third-order valence-electron chi connectivity index (χ3n) is 4.10. The molecule has 0 bridgehead atoms. The molecule has 1 atom stereocenters. The quantitative estimate of drug-likeness (QED) is 0.640. The van der Waals surface area contributed by atoms with E-state index < -0.39 is 0 Å². The summed E-state index contributed by atoms with van der Waals surface area (Å²) < 4.78 is 3.12. The van der Waals surface area contributed by atoms with Crippen molar-refractivity contribution < 1.29 is 0 Å². The van der Waals surface area contributed by atoms with Crippen LogP contribution < -0.4 is 11.3 Å². The number of nitrogens with two attached hydrogens (primary N) is 1. The molecule has 4 nitrogen and oxygen atoms in total. The molecule has 0 spiro atoms. The van der Waals surface area contributed by atoms with Crippen molar-refractivity contribution in [2.75, 3.05) is 0 Å². The van der Waals surface area contributed by atoms with Gasteiger partial charge in [0.2, 0.25) is 0 Å². The van der Waals surface area contributed by atoms with Crippen molar-refractivity contribution in [2.45, 2.75) is 64.5 Å². The Morgan fingerprint density at radius 2 is 2.11 bits per heavy atom. The predicted molar refractivity (Wildman–Crippen MR) is 81.6 cm³/mol. The lowest BCUT2D eigenvalue weighted by Crippen LogP contribution is -2.32. The molecule has 1 aliphatic rings. The van der Waals surface area contributed by atoms with Gasteiger partial charge in [0.15, 0.2) is 0 Å². The molecule has 2 rings (SSSR count). The van der Waals surface area contributed by atoms with Crippen LogP contribution in [-0.2, 0) is 0 Å². The van der Waals surface area contributed by atoms with Gasteiger partial charge in [-0.2, -0.15) is 5.10 Å². The normalized spacial score (nSPS) is 19.0. The van der Waals surface area contributed by atoms with Crippen LogP contribution in [0.1, 0.15) is 70.2 Å². The van der Waals surface area contributed by atoms with E-state index in [1.807, 2.05) is 6.20 Å². The van der Waals surface area contributed by atoms with E-state index in [1.54, 1.807) is 0 Å². The minimum absolute atomic E-state index is 0.183. The van der Waals surface area contributed by atoms with Crippen molar-refractivity contribution in [1.82, 2.24) is 15.2 Å². The first-order valence-corrected chi connectivity index (χ1v) is 8.11. The Hall–Kier alpha value is -0.390. The van der Waals surface area contributed by atoms with Crippen molar-refractivity contribution in [3.8, 4) is 0 Å². The van der Waals surface area contributed by atoms with Gasteiger partial charge < -0.3 is 0 Å². The standard InChI is InChI=1S/C14H25BrN4/c1-10(2)19-14(12(15)9-17-19)13(18-16)8-11-6-4-3-5-7-11/h9-11,13,18H,3-8,16H2,1-2H3. The van der Waals surface area contributed by atoms with Crippen LogP contribution >= 0.6 is 15.9 Å². The molecule has 0 saturated heterocycles. The molecule has 0 amide bonds. The molecule has 5 heteroatoms. The first-order valence-electron chi connectivity index (χ1n) is 7.32. The van der Waals surface area contributed by atoms with E-state index in [4.69, 9.17) is 5.84 Å². The number of aromatic nitrogens is 2. The van der Waals surface area contributed by atoms with Crippen LogP contribution in [0.25, 0.3) is 0 Å². The van der Waals surface area contributed by atoms with Gasteiger partial charge in [-0.25, -0.2) is 0 Å². The predicted octanol–water partition coefficient (Wildman–Crippen LogP) is 3.70. The van der Waals surface area contributed by atoms with Gasteiger partial charge in [-0.05, 0) is 42.1 Å². The summed E-state index contributed by atoms with van der Waals surface area (Å²) in [4.78, 5) is 0. The summed E-state index contributed by atoms with van der Waals surface area (Å²) in [5, 5.41) is 4.45. The van der Waals surface area contributed by atoms with E-state index in [2.05, 4.69) is 45.0 Å². The van der Waals surface area contributed by atoms with Crippen LogP contribution in [0.15, 0.2) is 10.7 Å². The zero-order valence-corrected chi connectivity index (χ0v) is 13.5. The van der Waals surface area contributed by atoms with Crippen molar-refractivity contribution in [1.29, 1.82) is 0 Å². The van der Waals surface area contributed by atoms with Gasteiger partial charge in [-0.3, -0.25) is 16.0 Å². The second-order valence-corrected chi connectivity index (χ2v) is 6.73. The molecule has 1 unspecified atom stereocenters. The lowest BCUT2D eigenvalue weighted by molar-refractivity contribution is 0.291. The topological polar surface area (TPSA) is 55.9 Å². The maximum atomic E-state index is 5.81. The van der Waals surface area contributed by atoms with Gasteiger partial charge in [0.25, 0.3) is 0 Å². The number of hydrazine groups is 1. The highest BCUT2D eigenvalue weighted by Gasteiger charge is 2.24. The fourth-order valence-electron chi connectivity index (χ4n) is 3.10. The van der Waals surface area contributed by atoms with Crippen molar-refractivity contribution >= 4 is 15.9 Å². The Balaban J connectivity index is 2.14. The minimum Gasteiger partial charge on any atom is -0.271 e. The third-order valence-corrected chi connectivity index (χ3v) is 4.71. The average Bonchev–Trinajstić information content (AvgIpc) is 2.79. The Bertz CT molecular complexity index is 396. The second kappa shape index (κ2) is 6.86. The van der Waals surface area contributed by atoms with Crippen LogP contribution in [0.5, 0.6) is 0 Å². The highest BCUT2D eigenvalue weighted by Crippen LogP contribution is 2.34. The van der Waals surface area contributed by atoms with E-state index in [0.29, 0.717) is 6.04 Å². The van der Waals surface area contributed by atoms with Gasteiger partial charge in [-0.1, -0.05) is 32.1 Å². The van der Waals surface area contributed by atoms with E-state index in [9.17, 15) is 0 Å². The molecule has 1 aromatic heterocycles. The van der Waals surface area contributed by atoms with Crippen LogP contribution in [0.2, 0.25) is 0 Å². The van der Waals surface area contributed by atoms with E-state index in [-0.39, 0.29) is 6.04 Å². The molecule has 108 valence electrons. The molecule has 1 heterocycles. The number of hydrogen-bond donors (Lipinski definition) is 2. The molecular weight excluding hydrogens is 304 g/mol. The third kappa shape index (κ3) is 3.58. The lowest BCUT2D eigenvalue weighted by Gasteiger charge is -2.27. The fraction of sp³-hybridized carbons (Fsp3) is 0.786. The van der Waals surface area contributed by atoms with Gasteiger partial charge in [-0.15, -0.1) is 0 Å². The number of nitrogens with zero attached hydrogens (tertiary/aromatic N) is 2. The van der Waals surface area contributed by atoms with Crippen LogP contribution in [-0.4, -0.2) is 9.78 Å². The molecule has 1 fully saturated rings. The maximum absolute atomic E-state index is 5.81. The first-order chi connectivity index (χ1) is 9.13. The average molecular weight is 329 g/mol. The molecule has 1 aliphatic carbocycles. The van der Waals surface area contributed by atoms with Gasteiger partial charge in [0, 0.05) is 6.04 Å². The second-order valence-electron chi connectivity index (χ2n) is 5.88. The SMILES string of the molecule is CC(C)n1ncc(Br)c1C(CC1CCCCC1)NN. The summed E-state index contributed by atoms with van der Waals surface area (Å²) in [6.45, 7) is 4.30. The number of hydrogen-bond acceptors (Lipinski definition) is 3. The Labute approximate surface area is 124 Å². The summed E-state index contributed by atoms with van der Waals surface area (Å²) in [5.74, 6) is 6.60. The number of halogens is 1. The van der Waals surface area contributed by atoms with Crippen LogP contribution in [0.3, 0.4) is 0 Å². The Kier molecular flexibility index (Phi) is 5.42. The molecule has 1 saturated carbocycles. The molecule has 3 N–H and O–H groups in total. The van der Waals surface area contributed by atoms with Crippen LogP contribution in [0.4, 0.5) is 0 Å². The zero-order chi connectivity index (χ0) is 13.8. The summed E-state index contributed by atoms with van der Waals surface area (Å²) in [6, 6.07) is 0.533. The van der Waals surface area contributed by atoms with Crippen molar-refractivity contribution in [3.63, 3.8) is 0 Å². The lowest BCUT2D eigenvalue weighted by atomic mass is 9.84. The summed E-state index contributed by atoms with van der Waals surface area (Å²) in [6.07, 6.45) is 9.79. The Morgan fingerprint density at radius 3 is 2.68 bits per heavy atom. The molecule has 1 aromatic rings. The fourth-order valence-corrected chi connectivity index (χ4v) is 3.65. The molecular formula is C14H25BrN4. The van der Waals surface area contributed by atoms with Gasteiger partial charge in [0.1, 0.15) is 0 Å². The zero-order valence-electron chi connectivity index (χ0n) is 11.9. The molecule has 0 aliphatic heterocycles. The van der Waals surface area contributed by atoms with E-state index in [1.165, 1.54) is 37.8 Å². The molecule has 0 aromatic carbocycles. The minimum atomic E-state index is 0.183. The highest BCUT2D eigenvalue weighted by atomic mass is 79.9.